The summed E-state index contributed by atoms with van der Waals surface area (Å²) in [5.74, 6) is 0.443. The molecule has 0 radical (unpaired) electrons. The van der Waals surface area contributed by atoms with Crippen LogP contribution in [0, 0.1) is 0 Å². The minimum atomic E-state index is -0.592. The highest BCUT2D eigenvalue weighted by molar-refractivity contribution is 8.15. The monoisotopic (exact) mass is 428 g/mol. The van der Waals surface area contributed by atoms with Crippen LogP contribution in [0.1, 0.15) is 12.0 Å². The molecule has 2 aromatic rings. The standard InChI is InChI=1S/C20H20N4O5S/c1-28-14-6-4-13(5-7-14)22-18(26)10-17-19(27)23-20(30-17)24-21-11-12-3-8-15(25)16(9-12)29-2/h3-9,11,17,25H,10H2,1-2H3,(H,22,26)(H,23,24,27)/t17-/m0/s1. The van der Waals surface area contributed by atoms with E-state index in [9.17, 15) is 14.7 Å². The summed E-state index contributed by atoms with van der Waals surface area (Å²) in [5.41, 5.74) is 1.28. The third kappa shape index (κ3) is 5.51. The molecule has 10 heteroatoms. The van der Waals surface area contributed by atoms with Gasteiger partial charge < -0.3 is 25.2 Å². The van der Waals surface area contributed by atoms with E-state index in [0.717, 1.165) is 11.8 Å². The molecule has 0 spiro atoms. The number of carbonyl (C=O) groups excluding carboxylic acids is 2. The number of rotatable bonds is 7. The Labute approximate surface area is 177 Å². The number of methoxy groups -OCH3 is 2. The van der Waals surface area contributed by atoms with Crippen LogP contribution in [0.2, 0.25) is 0 Å². The van der Waals surface area contributed by atoms with Crippen LogP contribution >= 0.6 is 11.8 Å². The van der Waals surface area contributed by atoms with E-state index in [1.807, 2.05) is 0 Å². The summed E-state index contributed by atoms with van der Waals surface area (Å²) in [4.78, 5) is 24.3. The normalized spacial score (nSPS) is 17.2. The fraction of sp³-hybridized carbons (Fsp3) is 0.200. The Morgan fingerprint density at radius 3 is 2.70 bits per heavy atom. The molecule has 0 aromatic heterocycles. The number of phenols is 1. The van der Waals surface area contributed by atoms with Gasteiger partial charge in [0.05, 0.1) is 20.4 Å². The van der Waals surface area contributed by atoms with E-state index >= 15 is 0 Å². The zero-order chi connectivity index (χ0) is 21.5. The van der Waals surface area contributed by atoms with Gasteiger partial charge in [-0.1, -0.05) is 11.8 Å². The van der Waals surface area contributed by atoms with Crippen LogP contribution in [0.15, 0.2) is 52.7 Å². The number of carbonyl (C=O) groups is 2. The number of ether oxygens (including phenoxy) is 2. The van der Waals surface area contributed by atoms with Crippen LogP contribution in [-0.4, -0.2) is 47.8 Å². The van der Waals surface area contributed by atoms with Gasteiger partial charge in [-0.2, -0.15) is 5.10 Å². The Hall–Kier alpha value is -3.53. The first-order valence-electron chi connectivity index (χ1n) is 8.88. The SMILES string of the molecule is COc1ccc(NC(=O)C[C@@H]2SC(=NN=Cc3ccc(O)c(OC)c3)NC2=O)cc1. The molecule has 30 heavy (non-hydrogen) atoms. The van der Waals surface area contributed by atoms with E-state index in [1.165, 1.54) is 19.4 Å². The molecule has 0 aliphatic carbocycles. The molecule has 0 bridgehead atoms. The highest BCUT2D eigenvalue weighted by Gasteiger charge is 2.32. The fourth-order valence-corrected chi connectivity index (χ4v) is 3.49. The quantitative estimate of drug-likeness (QED) is 0.460. The van der Waals surface area contributed by atoms with Gasteiger partial charge in [0.1, 0.15) is 11.0 Å². The van der Waals surface area contributed by atoms with E-state index in [1.54, 1.807) is 43.5 Å². The van der Waals surface area contributed by atoms with Crippen molar-refractivity contribution in [1.82, 2.24) is 5.32 Å². The molecular formula is C20H20N4O5S. The summed E-state index contributed by atoms with van der Waals surface area (Å²) >= 11 is 1.14. The van der Waals surface area contributed by atoms with Crippen molar-refractivity contribution in [1.29, 1.82) is 0 Å². The second-order valence-electron chi connectivity index (χ2n) is 6.16. The molecule has 9 nitrogen and oxygen atoms in total. The maximum Gasteiger partial charge on any atom is 0.240 e. The van der Waals surface area contributed by atoms with Gasteiger partial charge in [-0.25, -0.2) is 0 Å². The van der Waals surface area contributed by atoms with Crippen LogP contribution in [0.25, 0.3) is 0 Å². The molecule has 1 aliphatic heterocycles. The largest absolute Gasteiger partial charge is 0.504 e. The Balaban J connectivity index is 1.55. The van der Waals surface area contributed by atoms with Gasteiger partial charge >= 0.3 is 0 Å². The van der Waals surface area contributed by atoms with Crippen molar-refractivity contribution >= 4 is 40.6 Å². The molecule has 0 unspecified atom stereocenters. The number of nitrogens with zero attached hydrogens (tertiary/aromatic N) is 2. The summed E-state index contributed by atoms with van der Waals surface area (Å²) in [6.45, 7) is 0. The van der Waals surface area contributed by atoms with E-state index in [-0.39, 0.29) is 24.0 Å². The molecule has 1 atom stereocenters. The summed E-state index contributed by atoms with van der Waals surface area (Å²) in [5, 5.41) is 22.6. The van der Waals surface area contributed by atoms with Crippen molar-refractivity contribution < 1.29 is 24.2 Å². The van der Waals surface area contributed by atoms with Gasteiger partial charge in [-0.3, -0.25) is 9.59 Å². The van der Waals surface area contributed by atoms with Crippen LogP contribution in [-0.2, 0) is 9.59 Å². The molecule has 3 rings (SSSR count). The summed E-state index contributed by atoms with van der Waals surface area (Å²) in [7, 11) is 3.01. The molecule has 3 N–H and O–H groups in total. The van der Waals surface area contributed by atoms with Crippen molar-refractivity contribution in [2.24, 2.45) is 10.2 Å². The van der Waals surface area contributed by atoms with Gasteiger partial charge in [0.15, 0.2) is 16.7 Å². The van der Waals surface area contributed by atoms with Crippen LogP contribution < -0.4 is 20.1 Å². The predicted molar refractivity (Wildman–Crippen MR) is 115 cm³/mol. The fourth-order valence-electron chi connectivity index (χ4n) is 2.56. The lowest BCUT2D eigenvalue weighted by Crippen LogP contribution is -2.28. The molecule has 1 heterocycles. The number of phenolic OH excluding ortho intramolecular Hbond substituents is 1. The number of aromatic hydroxyl groups is 1. The summed E-state index contributed by atoms with van der Waals surface area (Å²) in [6, 6.07) is 11.6. The van der Waals surface area contributed by atoms with Crippen LogP contribution in [0.5, 0.6) is 17.2 Å². The topological polar surface area (TPSA) is 122 Å². The van der Waals surface area contributed by atoms with Crippen molar-refractivity contribution in [3.63, 3.8) is 0 Å². The molecule has 1 aliphatic rings. The van der Waals surface area contributed by atoms with E-state index in [0.29, 0.717) is 27.9 Å². The Morgan fingerprint density at radius 2 is 2.00 bits per heavy atom. The second-order valence-corrected chi connectivity index (χ2v) is 7.35. The average molecular weight is 428 g/mol. The number of hydrogen-bond acceptors (Lipinski definition) is 8. The number of amidine groups is 1. The predicted octanol–water partition coefficient (Wildman–Crippen LogP) is 2.36. The van der Waals surface area contributed by atoms with Crippen molar-refractivity contribution in [3.8, 4) is 17.2 Å². The average Bonchev–Trinajstić information content (AvgIpc) is 3.08. The third-order valence-electron chi connectivity index (χ3n) is 4.08. The van der Waals surface area contributed by atoms with Crippen LogP contribution in [0.4, 0.5) is 5.69 Å². The first-order valence-corrected chi connectivity index (χ1v) is 9.76. The lowest BCUT2D eigenvalue weighted by Gasteiger charge is -2.08. The number of nitrogens with one attached hydrogen (secondary N) is 2. The Morgan fingerprint density at radius 1 is 1.23 bits per heavy atom. The van der Waals surface area contributed by atoms with Crippen molar-refractivity contribution in [2.45, 2.75) is 11.7 Å². The molecule has 2 aromatic carbocycles. The van der Waals surface area contributed by atoms with Gasteiger partial charge in [-0.05, 0) is 48.0 Å². The van der Waals surface area contributed by atoms with Crippen molar-refractivity contribution in [2.75, 3.05) is 19.5 Å². The van der Waals surface area contributed by atoms with Crippen molar-refractivity contribution in [3.05, 3.63) is 48.0 Å². The maximum atomic E-state index is 12.2. The van der Waals surface area contributed by atoms with Gasteiger partial charge in [0.2, 0.25) is 11.8 Å². The van der Waals surface area contributed by atoms with Gasteiger partial charge in [0.25, 0.3) is 0 Å². The number of thioether (sulfide) groups is 1. The summed E-state index contributed by atoms with van der Waals surface area (Å²) in [6.07, 6.45) is 1.46. The summed E-state index contributed by atoms with van der Waals surface area (Å²) < 4.78 is 10.1. The minimum absolute atomic E-state index is 0.000421. The van der Waals surface area contributed by atoms with Gasteiger partial charge in [-0.15, -0.1) is 5.10 Å². The molecule has 1 fully saturated rings. The zero-order valence-corrected chi connectivity index (χ0v) is 17.1. The lowest BCUT2D eigenvalue weighted by molar-refractivity contribution is -0.122. The van der Waals surface area contributed by atoms with E-state index in [2.05, 4.69) is 20.8 Å². The van der Waals surface area contributed by atoms with E-state index in [4.69, 9.17) is 9.47 Å². The molecule has 1 saturated heterocycles. The number of hydrogen-bond donors (Lipinski definition) is 3. The first kappa shape index (κ1) is 21.2. The maximum absolute atomic E-state index is 12.2. The first-order chi connectivity index (χ1) is 14.5. The third-order valence-corrected chi connectivity index (χ3v) is 5.15. The van der Waals surface area contributed by atoms with Crippen LogP contribution in [0.3, 0.4) is 0 Å². The highest BCUT2D eigenvalue weighted by atomic mass is 32.2. The zero-order valence-electron chi connectivity index (χ0n) is 16.3. The number of benzene rings is 2. The second kappa shape index (κ2) is 9.79. The van der Waals surface area contributed by atoms with E-state index < -0.39 is 5.25 Å². The number of anilines is 1. The molecule has 2 amide bonds. The Kier molecular flexibility index (Phi) is 6.91. The lowest BCUT2D eigenvalue weighted by atomic mass is 10.2. The molecular weight excluding hydrogens is 408 g/mol. The van der Waals surface area contributed by atoms with Gasteiger partial charge in [0, 0.05) is 12.1 Å². The molecule has 0 saturated carbocycles. The Bertz CT molecular complexity index is 991. The molecule has 156 valence electrons. The number of amides is 2. The smallest absolute Gasteiger partial charge is 0.240 e. The highest BCUT2D eigenvalue weighted by Crippen LogP contribution is 2.26. The minimum Gasteiger partial charge on any atom is -0.504 e.